The molecule has 98 valence electrons. The molecule has 4 heteroatoms. The molecule has 1 aromatic rings. The highest BCUT2D eigenvalue weighted by atomic mass is 16.1. The Labute approximate surface area is 108 Å². The molecule has 0 saturated heterocycles. The van der Waals surface area contributed by atoms with E-state index in [1.54, 1.807) is 6.07 Å². The highest BCUT2D eigenvalue weighted by Gasteiger charge is 2.16. The second-order valence-corrected chi connectivity index (χ2v) is 5.10. The van der Waals surface area contributed by atoms with Crippen LogP contribution in [0.25, 0.3) is 0 Å². The molecule has 1 aliphatic carbocycles. The molecule has 2 rings (SSSR count). The van der Waals surface area contributed by atoms with E-state index in [0.29, 0.717) is 17.6 Å². The van der Waals surface area contributed by atoms with Crippen LogP contribution in [0.2, 0.25) is 0 Å². The third-order valence-electron chi connectivity index (χ3n) is 3.39. The Morgan fingerprint density at radius 3 is 2.44 bits per heavy atom. The number of amides is 1. The minimum Gasteiger partial charge on any atom is -0.348 e. The number of hydrogen-bond donors (Lipinski definition) is 1. The van der Waals surface area contributed by atoms with Crippen LogP contribution in [-0.2, 0) is 0 Å². The quantitative estimate of drug-likeness (QED) is 0.817. The van der Waals surface area contributed by atoms with Gasteiger partial charge in [0.15, 0.2) is 0 Å². The third kappa shape index (κ3) is 3.52. The zero-order chi connectivity index (χ0) is 13.0. The predicted molar refractivity (Wildman–Crippen MR) is 70.5 cm³/mol. The van der Waals surface area contributed by atoms with Crippen molar-refractivity contribution in [2.24, 2.45) is 0 Å². The van der Waals surface area contributed by atoms with Crippen molar-refractivity contribution in [2.75, 3.05) is 0 Å². The predicted octanol–water partition coefficient (Wildman–Crippen LogP) is 2.55. The van der Waals surface area contributed by atoms with Gasteiger partial charge in [-0.15, -0.1) is 0 Å². The van der Waals surface area contributed by atoms with Crippen LogP contribution in [0.1, 0.15) is 60.5 Å². The lowest BCUT2D eigenvalue weighted by molar-refractivity contribution is 0.0927. The lowest BCUT2D eigenvalue weighted by atomic mass is 10.1. The Morgan fingerprint density at radius 2 is 1.83 bits per heavy atom. The molecule has 18 heavy (non-hydrogen) atoms. The van der Waals surface area contributed by atoms with Crippen molar-refractivity contribution in [1.29, 1.82) is 0 Å². The summed E-state index contributed by atoms with van der Waals surface area (Å²) in [6.45, 7) is 3.70. The van der Waals surface area contributed by atoms with Crippen molar-refractivity contribution >= 4 is 5.91 Å². The van der Waals surface area contributed by atoms with Crippen LogP contribution in [0.4, 0.5) is 0 Å². The first-order valence-electron chi connectivity index (χ1n) is 6.78. The zero-order valence-corrected chi connectivity index (χ0v) is 11.2. The van der Waals surface area contributed by atoms with Crippen molar-refractivity contribution < 1.29 is 4.79 Å². The number of nitrogens with zero attached hydrogens (tertiary/aromatic N) is 2. The molecule has 1 heterocycles. The Balaban J connectivity index is 2.01. The number of aryl methyl sites for hydroxylation is 2. The maximum atomic E-state index is 12.1. The van der Waals surface area contributed by atoms with Crippen molar-refractivity contribution in [3.8, 4) is 0 Å². The summed E-state index contributed by atoms with van der Waals surface area (Å²) in [7, 11) is 0. The summed E-state index contributed by atoms with van der Waals surface area (Å²) in [5.74, 6) is 0.594. The monoisotopic (exact) mass is 247 g/mol. The second-order valence-electron chi connectivity index (χ2n) is 5.10. The number of nitrogens with one attached hydrogen (secondary N) is 1. The molecule has 0 unspecified atom stereocenters. The SMILES string of the molecule is Cc1cc(C(=O)NC2CCCCCC2)nc(C)n1. The molecular formula is C14H21N3O. The summed E-state index contributed by atoms with van der Waals surface area (Å²) in [4.78, 5) is 20.5. The molecule has 1 fully saturated rings. The van der Waals surface area contributed by atoms with Crippen LogP contribution in [0.5, 0.6) is 0 Å². The zero-order valence-electron chi connectivity index (χ0n) is 11.2. The van der Waals surface area contributed by atoms with Crippen LogP contribution in [-0.4, -0.2) is 21.9 Å². The molecular weight excluding hydrogens is 226 g/mol. The normalized spacial score (nSPS) is 17.2. The largest absolute Gasteiger partial charge is 0.348 e. The Morgan fingerprint density at radius 1 is 1.17 bits per heavy atom. The van der Waals surface area contributed by atoms with Gasteiger partial charge in [0.1, 0.15) is 11.5 Å². The molecule has 0 atom stereocenters. The van der Waals surface area contributed by atoms with E-state index >= 15 is 0 Å². The lowest BCUT2D eigenvalue weighted by Gasteiger charge is -2.16. The summed E-state index contributed by atoms with van der Waals surface area (Å²) in [5.41, 5.74) is 1.33. The van der Waals surface area contributed by atoms with Crippen LogP contribution in [0, 0.1) is 13.8 Å². The van der Waals surface area contributed by atoms with Crippen molar-refractivity contribution in [2.45, 2.75) is 58.4 Å². The van der Waals surface area contributed by atoms with Gasteiger partial charge in [0.05, 0.1) is 0 Å². The first-order valence-corrected chi connectivity index (χ1v) is 6.78. The Hall–Kier alpha value is -1.45. The fraction of sp³-hybridized carbons (Fsp3) is 0.643. The van der Waals surface area contributed by atoms with E-state index in [9.17, 15) is 4.79 Å². The number of carbonyl (C=O) groups is 1. The van der Waals surface area contributed by atoms with Crippen LogP contribution >= 0.6 is 0 Å². The van der Waals surface area contributed by atoms with E-state index in [1.165, 1.54) is 25.7 Å². The molecule has 1 N–H and O–H groups in total. The number of hydrogen-bond acceptors (Lipinski definition) is 3. The summed E-state index contributed by atoms with van der Waals surface area (Å²) in [6.07, 6.45) is 7.19. The van der Waals surface area contributed by atoms with E-state index in [0.717, 1.165) is 18.5 Å². The van der Waals surface area contributed by atoms with Crippen molar-refractivity contribution in [3.05, 3.63) is 23.3 Å². The molecule has 1 saturated carbocycles. The fourth-order valence-electron chi connectivity index (χ4n) is 2.52. The average Bonchev–Trinajstić information content (AvgIpc) is 2.56. The first-order chi connectivity index (χ1) is 8.65. The molecule has 1 amide bonds. The minimum atomic E-state index is -0.0597. The van der Waals surface area contributed by atoms with Crippen molar-refractivity contribution in [3.63, 3.8) is 0 Å². The van der Waals surface area contributed by atoms with Gasteiger partial charge in [0.25, 0.3) is 5.91 Å². The van der Waals surface area contributed by atoms with E-state index in [1.807, 2.05) is 13.8 Å². The summed E-state index contributed by atoms with van der Waals surface area (Å²) in [5, 5.41) is 3.10. The maximum absolute atomic E-state index is 12.1. The smallest absolute Gasteiger partial charge is 0.270 e. The number of aromatic nitrogens is 2. The number of carbonyl (C=O) groups excluding carboxylic acids is 1. The van der Waals surface area contributed by atoms with Crippen molar-refractivity contribution in [1.82, 2.24) is 15.3 Å². The van der Waals surface area contributed by atoms with Gasteiger partial charge < -0.3 is 5.32 Å². The molecule has 0 radical (unpaired) electrons. The fourth-order valence-corrected chi connectivity index (χ4v) is 2.52. The van der Waals surface area contributed by atoms with Gasteiger partial charge in [-0.05, 0) is 32.8 Å². The van der Waals surface area contributed by atoms with Gasteiger partial charge in [-0.25, -0.2) is 9.97 Å². The van der Waals surface area contributed by atoms with E-state index in [2.05, 4.69) is 15.3 Å². The highest BCUT2D eigenvalue weighted by Crippen LogP contribution is 2.17. The van der Waals surface area contributed by atoms with Crippen LogP contribution < -0.4 is 5.32 Å². The van der Waals surface area contributed by atoms with Gasteiger partial charge >= 0.3 is 0 Å². The molecule has 1 aliphatic rings. The maximum Gasteiger partial charge on any atom is 0.270 e. The molecule has 0 spiro atoms. The van der Waals surface area contributed by atoms with E-state index in [-0.39, 0.29) is 5.91 Å². The molecule has 0 bridgehead atoms. The van der Waals surface area contributed by atoms with Gasteiger partial charge in [-0.3, -0.25) is 4.79 Å². The average molecular weight is 247 g/mol. The minimum absolute atomic E-state index is 0.0597. The van der Waals surface area contributed by atoms with E-state index in [4.69, 9.17) is 0 Å². The highest BCUT2D eigenvalue weighted by molar-refractivity contribution is 5.92. The van der Waals surface area contributed by atoms with Crippen LogP contribution in [0.15, 0.2) is 6.07 Å². The van der Waals surface area contributed by atoms with Gasteiger partial charge in [-0.1, -0.05) is 25.7 Å². The van der Waals surface area contributed by atoms with Gasteiger partial charge in [0, 0.05) is 11.7 Å². The summed E-state index contributed by atoms with van der Waals surface area (Å²) >= 11 is 0. The topological polar surface area (TPSA) is 54.9 Å². The standard InChI is InChI=1S/C14H21N3O/c1-10-9-13(16-11(2)15-10)14(18)17-12-7-5-3-4-6-8-12/h9,12H,3-8H2,1-2H3,(H,17,18). The molecule has 1 aromatic heterocycles. The first kappa shape index (κ1) is 13.0. The van der Waals surface area contributed by atoms with E-state index < -0.39 is 0 Å². The summed E-state index contributed by atoms with van der Waals surface area (Å²) in [6, 6.07) is 2.06. The van der Waals surface area contributed by atoms with Gasteiger partial charge in [-0.2, -0.15) is 0 Å². The number of rotatable bonds is 2. The van der Waals surface area contributed by atoms with Crippen LogP contribution in [0.3, 0.4) is 0 Å². The third-order valence-corrected chi connectivity index (χ3v) is 3.39. The lowest BCUT2D eigenvalue weighted by Crippen LogP contribution is -2.35. The van der Waals surface area contributed by atoms with Gasteiger partial charge in [0.2, 0.25) is 0 Å². The molecule has 0 aliphatic heterocycles. The molecule has 0 aromatic carbocycles. The molecule has 4 nitrogen and oxygen atoms in total. The Kier molecular flexibility index (Phi) is 4.28. The second kappa shape index (κ2) is 5.94. The Bertz CT molecular complexity index is 403. The summed E-state index contributed by atoms with van der Waals surface area (Å²) < 4.78 is 0.